The standard InChI is InChI=1S/C21H24FN7O/c22-17-13-16(7-8-18(17)30)26-21-28-19(24-14-5-3-1-2-4-6-14)27-20(29-21)25-15-9-11-23-12-10-15/h7-14,30H,1-6H2,(H3,23,24,25,26,27,28,29). The smallest absolute Gasteiger partial charge is 0.233 e. The van der Waals surface area contributed by atoms with E-state index in [2.05, 4.69) is 35.9 Å². The van der Waals surface area contributed by atoms with E-state index < -0.39 is 11.6 Å². The van der Waals surface area contributed by atoms with Gasteiger partial charge in [0.15, 0.2) is 11.6 Å². The molecule has 1 fully saturated rings. The summed E-state index contributed by atoms with van der Waals surface area (Å²) in [4.78, 5) is 17.4. The normalized spacial score (nSPS) is 14.7. The summed E-state index contributed by atoms with van der Waals surface area (Å²) in [5.41, 5.74) is 1.21. The van der Waals surface area contributed by atoms with E-state index in [1.54, 1.807) is 18.5 Å². The van der Waals surface area contributed by atoms with Gasteiger partial charge in [-0.2, -0.15) is 15.0 Å². The van der Waals surface area contributed by atoms with Crippen LogP contribution in [0, 0.1) is 5.82 Å². The first kappa shape index (κ1) is 19.8. The van der Waals surface area contributed by atoms with Gasteiger partial charge in [0, 0.05) is 35.9 Å². The van der Waals surface area contributed by atoms with Crippen LogP contribution in [0.2, 0.25) is 0 Å². The fraction of sp³-hybridized carbons (Fsp3) is 0.333. The van der Waals surface area contributed by atoms with Crippen LogP contribution in [0.5, 0.6) is 5.75 Å². The molecule has 9 heteroatoms. The van der Waals surface area contributed by atoms with E-state index in [4.69, 9.17) is 0 Å². The average Bonchev–Trinajstić information content (AvgIpc) is 3.00. The maximum absolute atomic E-state index is 13.7. The van der Waals surface area contributed by atoms with Gasteiger partial charge in [0.05, 0.1) is 0 Å². The summed E-state index contributed by atoms with van der Waals surface area (Å²) in [5.74, 6) is -0.0556. The maximum Gasteiger partial charge on any atom is 0.233 e. The number of nitrogens with zero attached hydrogens (tertiary/aromatic N) is 4. The summed E-state index contributed by atoms with van der Waals surface area (Å²) < 4.78 is 13.7. The first-order valence-corrected chi connectivity index (χ1v) is 10.1. The number of anilines is 5. The van der Waals surface area contributed by atoms with E-state index in [0.717, 1.165) is 18.5 Å². The van der Waals surface area contributed by atoms with Crippen molar-refractivity contribution >= 4 is 29.2 Å². The van der Waals surface area contributed by atoms with Crippen LogP contribution in [0.3, 0.4) is 0 Å². The molecule has 1 aliphatic rings. The Labute approximate surface area is 174 Å². The lowest BCUT2D eigenvalue weighted by molar-refractivity contribution is 0.432. The number of aromatic hydroxyl groups is 1. The molecule has 0 saturated heterocycles. The highest BCUT2D eigenvalue weighted by Gasteiger charge is 2.15. The molecule has 1 aliphatic carbocycles. The number of phenols is 1. The second-order valence-electron chi connectivity index (χ2n) is 7.29. The number of halogens is 1. The fourth-order valence-electron chi connectivity index (χ4n) is 3.44. The van der Waals surface area contributed by atoms with Gasteiger partial charge in [-0.15, -0.1) is 0 Å². The molecule has 0 spiro atoms. The quantitative estimate of drug-likeness (QED) is 0.342. The van der Waals surface area contributed by atoms with Crippen LogP contribution in [0.4, 0.5) is 33.6 Å². The largest absolute Gasteiger partial charge is 0.505 e. The molecule has 0 bridgehead atoms. The van der Waals surface area contributed by atoms with Crippen molar-refractivity contribution in [3.05, 3.63) is 48.5 Å². The fourth-order valence-corrected chi connectivity index (χ4v) is 3.44. The third kappa shape index (κ3) is 5.31. The zero-order valence-electron chi connectivity index (χ0n) is 16.5. The van der Waals surface area contributed by atoms with Crippen LogP contribution in [0.1, 0.15) is 38.5 Å². The summed E-state index contributed by atoms with van der Waals surface area (Å²) in [6.45, 7) is 0. The van der Waals surface area contributed by atoms with Crippen molar-refractivity contribution in [3.8, 4) is 5.75 Å². The average molecular weight is 409 g/mol. The van der Waals surface area contributed by atoms with E-state index in [1.165, 1.54) is 37.8 Å². The highest BCUT2D eigenvalue weighted by molar-refractivity contribution is 5.59. The van der Waals surface area contributed by atoms with Gasteiger partial charge in [0.25, 0.3) is 0 Å². The first-order valence-electron chi connectivity index (χ1n) is 10.1. The Morgan fingerprint density at radius 2 is 1.43 bits per heavy atom. The molecule has 0 amide bonds. The predicted molar refractivity (Wildman–Crippen MR) is 114 cm³/mol. The van der Waals surface area contributed by atoms with Crippen LogP contribution in [0.25, 0.3) is 0 Å². The molecular weight excluding hydrogens is 385 g/mol. The number of hydrogen-bond acceptors (Lipinski definition) is 8. The second kappa shape index (κ2) is 9.34. The van der Waals surface area contributed by atoms with Crippen molar-refractivity contribution in [2.24, 2.45) is 0 Å². The van der Waals surface area contributed by atoms with Crippen molar-refractivity contribution in [2.75, 3.05) is 16.0 Å². The lowest BCUT2D eigenvalue weighted by Gasteiger charge is -2.17. The van der Waals surface area contributed by atoms with Crippen LogP contribution < -0.4 is 16.0 Å². The number of phenolic OH excluding ortho intramolecular Hbond substituents is 1. The Balaban J connectivity index is 1.59. The number of nitrogens with one attached hydrogen (secondary N) is 3. The number of benzene rings is 1. The molecule has 4 N–H and O–H groups in total. The number of rotatable bonds is 6. The molecule has 4 rings (SSSR count). The van der Waals surface area contributed by atoms with Gasteiger partial charge >= 0.3 is 0 Å². The zero-order chi connectivity index (χ0) is 20.8. The lowest BCUT2D eigenvalue weighted by atomic mass is 10.1. The Bertz CT molecular complexity index is 978. The third-order valence-electron chi connectivity index (χ3n) is 4.96. The predicted octanol–water partition coefficient (Wildman–Crippen LogP) is 4.73. The number of hydrogen-bond donors (Lipinski definition) is 4. The highest BCUT2D eigenvalue weighted by atomic mass is 19.1. The van der Waals surface area contributed by atoms with Crippen LogP contribution in [-0.4, -0.2) is 31.1 Å². The Morgan fingerprint density at radius 1 is 0.800 bits per heavy atom. The molecule has 156 valence electrons. The van der Waals surface area contributed by atoms with Crippen LogP contribution >= 0.6 is 0 Å². The highest BCUT2D eigenvalue weighted by Crippen LogP contribution is 2.24. The molecule has 3 aromatic rings. The Kier molecular flexibility index (Phi) is 6.17. The number of aromatic nitrogens is 4. The van der Waals surface area contributed by atoms with Crippen molar-refractivity contribution in [2.45, 2.75) is 44.6 Å². The van der Waals surface area contributed by atoms with Gasteiger partial charge in [-0.05, 0) is 37.1 Å². The SMILES string of the molecule is Oc1ccc(Nc2nc(Nc3ccncc3)nc(NC3CCCCCC3)n2)cc1F. The molecule has 1 aromatic carbocycles. The summed E-state index contributed by atoms with van der Waals surface area (Å²) in [7, 11) is 0. The van der Waals surface area contributed by atoms with E-state index in [-0.39, 0.29) is 5.95 Å². The zero-order valence-corrected chi connectivity index (χ0v) is 16.5. The molecule has 2 heterocycles. The van der Waals surface area contributed by atoms with E-state index in [0.29, 0.717) is 23.6 Å². The minimum atomic E-state index is -0.721. The van der Waals surface area contributed by atoms with E-state index in [9.17, 15) is 9.50 Å². The summed E-state index contributed by atoms with van der Waals surface area (Å²) >= 11 is 0. The Hall–Kier alpha value is -3.49. The molecule has 0 aliphatic heterocycles. The van der Waals surface area contributed by atoms with Crippen LogP contribution in [0.15, 0.2) is 42.7 Å². The van der Waals surface area contributed by atoms with Gasteiger partial charge in [-0.3, -0.25) is 4.98 Å². The molecule has 0 unspecified atom stereocenters. The molecule has 2 aromatic heterocycles. The van der Waals surface area contributed by atoms with Crippen LogP contribution in [-0.2, 0) is 0 Å². The Morgan fingerprint density at radius 3 is 2.10 bits per heavy atom. The summed E-state index contributed by atoms with van der Waals surface area (Å²) in [6.07, 6.45) is 10.4. The van der Waals surface area contributed by atoms with Crippen molar-refractivity contribution < 1.29 is 9.50 Å². The van der Waals surface area contributed by atoms with Crippen molar-refractivity contribution in [1.82, 2.24) is 19.9 Å². The molecular formula is C21H24FN7O. The molecule has 0 atom stereocenters. The molecule has 8 nitrogen and oxygen atoms in total. The van der Waals surface area contributed by atoms with Gasteiger partial charge in [-0.25, -0.2) is 4.39 Å². The molecule has 0 radical (unpaired) electrons. The van der Waals surface area contributed by atoms with Gasteiger partial charge in [0.1, 0.15) is 0 Å². The minimum Gasteiger partial charge on any atom is -0.505 e. The molecule has 1 saturated carbocycles. The summed E-state index contributed by atoms with van der Waals surface area (Å²) in [6, 6.07) is 7.95. The van der Waals surface area contributed by atoms with Gasteiger partial charge in [0.2, 0.25) is 17.8 Å². The monoisotopic (exact) mass is 409 g/mol. The lowest BCUT2D eigenvalue weighted by Crippen LogP contribution is -2.21. The second-order valence-corrected chi connectivity index (χ2v) is 7.29. The van der Waals surface area contributed by atoms with Crippen molar-refractivity contribution in [3.63, 3.8) is 0 Å². The molecule has 30 heavy (non-hydrogen) atoms. The first-order chi connectivity index (χ1) is 14.7. The number of pyridine rings is 1. The van der Waals surface area contributed by atoms with Gasteiger partial charge < -0.3 is 21.1 Å². The van der Waals surface area contributed by atoms with E-state index >= 15 is 0 Å². The third-order valence-corrected chi connectivity index (χ3v) is 4.96. The maximum atomic E-state index is 13.7. The van der Waals surface area contributed by atoms with Gasteiger partial charge in [-0.1, -0.05) is 25.7 Å². The van der Waals surface area contributed by atoms with E-state index in [1.807, 2.05) is 12.1 Å². The van der Waals surface area contributed by atoms with Crippen molar-refractivity contribution in [1.29, 1.82) is 0 Å². The minimum absolute atomic E-state index is 0.266. The summed E-state index contributed by atoms with van der Waals surface area (Å²) in [5, 5.41) is 19.0. The topological polar surface area (TPSA) is 108 Å².